The van der Waals surface area contributed by atoms with E-state index in [0.717, 1.165) is 5.56 Å². The fraction of sp³-hybridized carbons (Fsp3) is 0.316. The van der Waals surface area contributed by atoms with Crippen LogP contribution in [-0.2, 0) is 16.4 Å². The lowest BCUT2D eigenvalue weighted by atomic mass is 10.1. The SMILES string of the molecule is COc1cc(NC(=O)c2ccc3c(c2)CCN3S(C)(=O)=O)cc(OC)c1OC. The van der Waals surface area contributed by atoms with E-state index in [1.165, 1.54) is 31.9 Å². The first-order valence-electron chi connectivity index (χ1n) is 8.50. The first-order valence-corrected chi connectivity index (χ1v) is 10.3. The molecule has 2 aromatic rings. The summed E-state index contributed by atoms with van der Waals surface area (Å²) in [5, 5.41) is 2.81. The number of sulfonamides is 1. The van der Waals surface area contributed by atoms with Crippen LogP contribution in [0.4, 0.5) is 11.4 Å². The Balaban J connectivity index is 1.87. The minimum absolute atomic E-state index is 0.324. The number of nitrogens with zero attached hydrogens (tertiary/aromatic N) is 1. The van der Waals surface area contributed by atoms with Gasteiger partial charge in [-0.3, -0.25) is 9.10 Å². The van der Waals surface area contributed by atoms with Gasteiger partial charge in [0.2, 0.25) is 15.8 Å². The van der Waals surface area contributed by atoms with Crippen LogP contribution in [0.2, 0.25) is 0 Å². The maximum absolute atomic E-state index is 12.7. The average Bonchev–Trinajstić information content (AvgIpc) is 3.10. The first-order chi connectivity index (χ1) is 13.3. The molecule has 1 amide bonds. The van der Waals surface area contributed by atoms with Crippen LogP contribution in [0.25, 0.3) is 0 Å². The number of ether oxygens (including phenoxy) is 3. The third-order valence-corrected chi connectivity index (χ3v) is 5.70. The Labute approximate surface area is 164 Å². The second-order valence-electron chi connectivity index (χ2n) is 6.30. The molecular weight excluding hydrogens is 384 g/mol. The fourth-order valence-electron chi connectivity index (χ4n) is 3.21. The van der Waals surface area contributed by atoms with Crippen molar-refractivity contribution in [1.82, 2.24) is 0 Å². The zero-order valence-electron chi connectivity index (χ0n) is 16.1. The summed E-state index contributed by atoms with van der Waals surface area (Å²) in [6.45, 7) is 0.381. The molecule has 28 heavy (non-hydrogen) atoms. The Morgan fingerprint density at radius 1 is 1.04 bits per heavy atom. The van der Waals surface area contributed by atoms with E-state index >= 15 is 0 Å². The molecule has 150 valence electrons. The van der Waals surface area contributed by atoms with Gasteiger partial charge in [-0.25, -0.2) is 8.42 Å². The molecule has 0 aliphatic carbocycles. The van der Waals surface area contributed by atoms with Gasteiger partial charge in [-0.15, -0.1) is 0 Å². The average molecular weight is 406 g/mol. The van der Waals surface area contributed by atoms with Gasteiger partial charge < -0.3 is 19.5 Å². The Kier molecular flexibility index (Phi) is 5.37. The number of carbonyl (C=O) groups excluding carboxylic acids is 1. The number of anilines is 2. The molecule has 0 fully saturated rings. The van der Waals surface area contributed by atoms with Gasteiger partial charge in [-0.2, -0.15) is 0 Å². The number of hydrogen-bond acceptors (Lipinski definition) is 6. The van der Waals surface area contributed by atoms with Crippen molar-refractivity contribution in [2.45, 2.75) is 6.42 Å². The predicted octanol–water partition coefficient (Wildman–Crippen LogP) is 2.29. The standard InChI is InChI=1S/C19H22N2O6S/c1-25-16-10-14(11-17(26-2)18(16)27-3)20-19(22)13-5-6-15-12(9-13)7-8-21(15)28(4,23)24/h5-6,9-11H,7-8H2,1-4H3,(H,20,22). The van der Waals surface area contributed by atoms with Crippen LogP contribution in [0.3, 0.4) is 0 Å². The molecule has 0 radical (unpaired) electrons. The highest BCUT2D eigenvalue weighted by Gasteiger charge is 2.27. The summed E-state index contributed by atoms with van der Waals surface area (Å²) < 4.78 is 40.9. The molecule has 0 bridgehead atoms. The number of fused-ring (bicyclic) bond motifs is 1. The van der Waals surface area contributed by atoms with Crippen molar-refractivity contribution in [3.63, 3.8) is 0 Å². The van der Waals surface area contributed by atoms with Gasteiger partial charge in [0.05, 0.1) is 33.3 Å². The summed E-state index contributed by atoms with van der Waals surface area (Å²) >= 11 is 0. The van der Waals surface area contributed by atoms with Gasteiger partial charge in [0.25, 0.3) is 5.91 Å². The number of amides is 1. The molecular formula is C19H22N2O6S. The molecule has 2 aromatic carbocycles. The molecule has 0 unspecified atom stereocenters. The van der Waals surface area contributed by atoms with E-state index in [-0.39, 0.29) is 5.91 Å². The second kappa shape index (κ2) is 7.59. The number of rotatable bonds is 6. The molecule has 0 spiro atoms. The van der Waals surface area contributed by atoms with Crippen LogP contribution in [-0.4, -0.2) is 48.5 Å². The zero-order chi connectivity index (χ0) is 20.5. The van der Waals surface area contributed by atoms with E-state index in [0.29, 0.717) is 47.2 Å². The third kappa shape index (κ3) is 3.70. The Hall–Kier alpha value is -2.94. The minimum Gasteiger partial charge on any atom is -0.493 e. The number of nitrogens with one attached hydrogen (secondary N) is 1. The van der Waals surface area contributed by atoms with E-state index < -0.39 is 10.0 Å². The summed E-state index contributed by atoms with van der Waals surface area (Å²) in [7, 11) is 1.17. The number of benzene rings is 2. The highest BCUT2D eigenvalue weighted by Crippen LogP contribution is 2.40. The molecule has 0 saturated heterocycles. The summed E-state index contributed by atoms with van der Waals surface area (Å²) in [5.74, 6) is 0.959. The fourth-order valence-corrected chi connectivity index (χ4v) is 4.17. The minimum atomic E-state index is -3.33. The van der Waals surface area contributed by atoms with Gasteiger partial charge in [0.15, 0.2) is 11.5 Å². The van der Waals surface area contributed by atoms with Crippen LogP contribution in [0.1, 0.15) is 15.9 Å². The van der Waals surface area contributed by atoms with Crippen LogP contribution in [0.5, 0.6) is 17.2 Å². The quantitative estimate of drug-likeness (QED) is 0.791. The van der Waals surface area contributed by atoms with Crippen molar-refractivity contribution < 1.29 is 27.4 Å². The number of hydrogen-bond donors (Lipinski definition) is 1. The largest absolute Gasteiger partial charge is 0.493 e. The molecule has 0 atom stereocenters. The lowest BCUT2D eigenvalue weighted by molar-refractivity contribution is 0.102. The highest BCUT2D eigenvalue weighted by molar-refractivity contribution is 7.92. The second-order valence-corrected chi connectivity index (χ2v) is 8.20. The first kappa shape index (κ1) is 19.8. The predicted molar refractivity (Wildman–Crippen MR) is 106 cm³/mol. The summed E-state index contributed by atoms with van der Waals surface area (Å²) in [6.07, 6.45) is 1.74. The third-order valence-electron chi connectivity index (χ3n) is 4.52. The summed E-state index contributed by atoms with van der Waals surface area (Å²) in [4.78, 5) is 12.7. The molecule has 3 rings (SSSR count). The molecule has 9 heteroatoms. The molecule has 0 aromatic heterocycles. The van der Waals surface area contributed by atoms with Crippen molar-refractivity contribution in [2.75, 3.05) is 43.8 Å². The molecule has 1 heterocycles. The normalized spacial score (nSPS) is 13.1. The van der Waals surface area contributed by atoms with E-state index in [1.807, 2.05) is 0 Å². The van der Waals surface area contributed by atoms with E-state index in [1.54, 1.807) is 30.3 Å². The molecule has 0 saturated carbocycles. The van der Waals surface area contributed by atoms with Gasteiger partial charge in [0, 0.05) is 29.9 Å². The van der Waals surface area contributed by atoms with Crippen molar-refractivity contribution >= 4 is 27.3 Å². The Morgan fingerprint density at radius 3 is 2.21 bits per heavy atom. The monoisotopic (exact) mass is 406 g/mol. The lowest BCUT2D eigenvalue weighted by Crippen LogP contribution is -2.27. The van der Waals surface area contributed by atoms with Gasteiger partial charge >= 0.3 is 0 Å². The number of carbonyl (C=O) groups is 1. The maximum atomic E-state index is 12.7. The van der Waals surface area contributed by atoms with Gasteiger partial charge in [0.1, 0.15) is 0 Å². The topological polar surface area (TPSA) is 94.2 Å². The van der Waals surface area contributed by atoms with Crippen LogP contribution < -0.4 is 23.8 Å². The summed E-state index contributed by atoms with van der Waals surface area (Å²) in [5.41, 5.74) is 2.36. The summed E-state index contributed by atoms with van der Waals surface area (Å²) in [6, 6.07) is 8.26. The van der Waals surface area contributed by atoms with E-state index in [9.17, 15) is 13.2 Å². The zero-order valence-corrected chi connectivity index (χ0v) is 16.9. The molecule has 1 aliphatic heterocycles. The number of methoxy groups -OCH3 is 3. The van der Waals surface area contributed by atoms with Crippen molar-refractivity contribution in [1.29, 1.82) is 0 Å². The van der Waals surface area contributed by atoms with Crippen molar-refractivity contribution in [3.05, 3.63) is 41.5 Å². The van der Waals surface area contributed by atoms with Crippen molar-refractivity contribution in [2.24, 2.45) is 0 Å². The van der Waals surface area contributed by atoms with E-state index in [4.69, 9.17) is 14.2 Å². The van der Waals surface area contributed by atoms with Crippen LogP contribution >= 0.6 is 0 Å². The van der Waals surface area contributed by atoms with Gasteiger partial charge in [-0.1, -0.05) is 0 Å². The highest BCUT2D eigenvalue weighted by atomic mass is 32.2. The van der Waals surface area contributed by atoms with Crippen LogP contribution in [0.15, 0.2) is 30.3 Å². The Morgan fingerprint density at radius 2 is 1.68 bits per heavy atom. The molecule has 8 nitrogen and oxygen atoms in total. The van der Waals surface area contributed by atoms with Crippen molar-refractivity contribution in [3.8, 4) is 17.2 Å². The smallest absolute Gasteiger partial charge is 0.255 e. The molecule has 1 aliphatic rings. The van der Waals surface area contributed by atoms with Gasteiger partial charge in [-0.05, 0) is 30.2 Å². The maximum Gasteiger partial charge on any atom is 0.255 e. The molecule has 1 N–H and O–H groups in total. The Bertz CT molecular complexity index is 994. The van der Waals surface area contributed by atoms with E-state index in [2.05, 4.69) is 5.32 Å². The van der Waals surface area contributed by atoms with Crippen LogP contribution in [0, 0.1) is 0 Å². The lowest BCUT2D eigenvalue weighted by Gasteiger charge is -2.17.